The maximum Gasteiger partial charge on any atom is 0.125 e. The second-order valence-corrected chi connectivity index (χ2v) is 5.06. The zero-order valence-corrected chi connectivity index (χ0v) is 11.4. The summed E-state index contributed by atoms with van der Waals surface area (Å²) < 4.78 is 14.4. The molecule has 0 fully saturated rings. The summed E-state index contributed by atoms with van der Waals surface area (Å²) in [7, 11) is -1.21. The van der Waals surface area contributed by atoms with E-state index in [9.17, 15) is 4.21 Å². The van der Waals surface area contributed by atoms with Crippen LogP contribution in [-0.4, -0.2) is 16.0 Å². The van der Waals surface area contributed by atoms with Gasteiger partial charge in [-0.2, -0.15) is 12.6 Å². The highest BCUT2D eigenvalue weighted by atomic mass is 32.2. The Balaban J connectivity index is 0. The van der Waals surface area contributed by atoms with Crippen molar-refractivity contribution in [3.05, 3.63) is 23.6 Å². The van der Waals surface area contributed by atoms with Crippen molar-refractivity contribution in [2.24, 2.45) is 0 Å². The number of thiol groups is 1. The molecule has 1 N–H and O–H groups in total. The van der Waals surface area contributed by atoms with Crippen LogP contribution in [0.2, 0.25) is 0 Å². The van der Waals surface area contributed by atoms with Gasteiger partial charge in [-0.3, -0.25) is 0 Å². The molecule has 0 saturated heterocycles. The van der Waals surface area contributed by atoms with E-state index in [0.717, 1.165) is 5.57 Å². The van der Waals surface area contributed by atoms with Crippen molar-refractivity contribution in [3.8, 4) is 0 Å². The van der Waals surface area contributed by atoms with Crippen LogP contribution >= 0.6 is 12.6 Å². The van der Waals surface area contributed by atoms with Crippen molar-refractivity contribution in [2.45, 2.75) is 33.2 Å². The molecule has 0 saturated carbocycles. The van der Waals surface area contributed by atoms with E-state index in [4.69, 9.17) is 0 Å². The molecule has 0 aliphatic heterocycles. The number of hydrogen-bond donors (Lipinski definition) is 2. The summed E-state index contributed by atoms with van der Waals surface area (Å²) in [5.41, 5.74) is 0.591. The van der Waals surface area contributed by atoms with E-state index in [0.29, 0.717) is 4.91 Å². The molecule has 4 heteroatoms. The lowest BCUT2D eigenvalue weighted by molar-refractivity contribution is 0.521. The SMILES string of the molecule is C=C(C)C(=C)S(=O)NC(C)(C)C.CS. The monoisotopic (exact) mass is 235 g/mol. The first-order chi connectivity index (χ1) is 6.24. The molecule has 0 spiro atoms. The predicted octanol–water partition coefficient (Wildman–Crippen LogP) is 2.67. The smallest absolute Gasteiger partial charge is 0.125 e. The van der Waals surface area contributed by atoms with Gasteiger partial charge in [0.25, 0.3) is 0 Å². The van der Waals surface area contributed by atoms with Crippen molar-refractivity contribution >= 4 is 23.6 Å². The van der Waals surface area contributed by atoms with Crippen LogP contribution < -0.4 is 4.72 Å². The van der Waals surface area contributed by atoms with Crippen LogP contribution in [0.15, 0.2) is 23.6 Å². The first-order valence-electron chi connectivity index (χ1n) is 4.23. The molecule has 0 aromatic carbocycles. The molecule has 0 aliphatic carbocycles. The van der Waals surface area contributed by atoms with Crippen LogP contribution in [-0.2, 0) is 11.0 Å². The van der Waals surface area contributed by atoms with Crippen LogP contribution in [0, 0.1) is 0 Å². The summed E-state index contributed by atoms with van der Waals surface area (Å²) in [6, 6.07) is 0. The quantitative estimate of drug-likeness (QED) is 0.571. The number of rotatable bonds is 3. The zero-order valence-electron chi connectivity index (χ0n) is 9.68. The summed E-state index contributed by atoms with van der Waals surface area (Å²) in [4.78, 5) is 0.560. The number of hydrogen-bond acceptors (Lipinski definition) is 2. The Hall–Kier alpha value is -0.0600. The fourth-order valence-corrected chi connectivity index (χ4v) is 1.49. The maximum atomic E-state index is 11.4. The summed E-state index contributed by atoms with van der Waals surface area (Å²) in [6.45, 7) is 15.0. The van der Waals surface area contributed by atoms with E-state index in [-0.39, 0.29) is 5.54 Å². The number of allylic oxidation sites excluding steroid dienone is 1. The van der Waals surface area contributed by atoms with Crippen LogP contribution in [0.1, 0.15) is 27.7 Å². The van der Waals surface area contributed by atoms with E-state index in [1.807, 2.05) is 20.8 Å². The molecular weight excluding hydrogens is 214 g/mol. The molecule has 0 amide bonds. The molecule has 2 nitrogen and oxygen atoms in total. The fraction of sp³-hybridized carbons (Fsp3) is 0.600. The molecule has 0 bridgehead atoms. The third-order valence-corrected chi connectivity index (χ3v) is 2.69. The Morgan fingerprint density at radius 1 is 1.29 bits per heavy atom. The second-order valence-electron chi connectivity index (χ2n) is 3.82. The Labute approximate surface area is 95.9 Å². The average molecular weight is 235 g/mol. The van der Waals surface area contributed by atoms with E-state index in [1.54, 1.807) is 13.2 Å². The Kier molecular flexibility index (Phi) is 8.49. The van der Waals surface area contributed by atoms with Gasteiger partial charge in [0, 0.05) is 10.4 Å². The topological polar surface area (TPSA) is 29.1 Å². The van der Waals surface area contributed by atoms with Gasteiger partial charge in [0.2, 0.25) is 0 Å². The Bertz CT molecular complexity index is 229. The van der Waals surface area contributed by atoms with Gasteiger partial charge in [0.15, 0.2) is 0 Å². The lowest BCUT2D eigenvalue weighted by atomic mass is 10.1. The van der Waals surface area contributed by atoms with Gasteiger partial charge in [-0.1, -0.05) is 13.2 Å². The lowest BCUT2D eigenvalue weighted by Crippen LogP contribution is -2.37. The van der Waals surface area contributed by atoms with Gasteiger partial charge >= 0.3 is 0 Å². The predicted molar refractivity (Wildman–Crippen MR) is 69.9 cm³/mol. The highest BCUT2D eigenvalue weighted by Crippen LogP contribution is 2.10. The highest BCUT2D eigenvalue weighted by molar-refractivity contribution is 7.87. The molecule has 84 valence electrons. The van der Waals surface area contributed by atoms with E-state index < -0.39 is 11.0 Å². The van der Waals surface area contributed by atoms with Gasteiger partial charge < -0.3 is 0 Å². The molecule has 14 heavy (non-hydrogen) atoms. The molecular formula is C10H21NOS2. The Morgan fingerprint density at radius 2 is 1.64 bits per heavy atom. The summed E-state index contributed by atoms with van der Waals surface area (Å²) >= 11 is 3.53. The first-order valence-corrected chi connectivity index (χ1v) is 6.27. The summed E-state index contributed by atoms with van der Waals surface area (Å²) in [5, 5.41) is 0. The molecule has 0 aliphatic rings. The van der Waals surface area contributed by atoms with Crippen molar-refractivity contribution in [1.82, 2.24) is 4.72 Å². The first kappa shape index (κ1) is 16.4. The minimum atomic E-state index is -1.21. The van der Waals surface area contributed by atoms with Crippen molar-refractivity contribution in [2.75, 3.05) is 6.26 Å². The fourth-order valence-electron chi connectivity index (χ4n) is 0.498. The molecule has 0 radical (unpaired) electrons. The van der Waals surface area contributed by atoms with Crippen LogP contribution in [0.4, 0.5) is 0 Å². The van der Waals surface area contributed by atoms with Gasteiger partial charge in [-0.25, -0.2) is 8.93 Å². The van der Waals surface area contributed by atoms with Gasteiger partial charge in [-0.05, 0) is 39.5 Å². The largest absolute Gasteiger partial charge is 0.237 e. The standard InChI is InChI=1S/C9H17NOS.CH4S/c1-7(2)8(3)12(11)10-9(4,5)6;1-2/h10H,1,3H2,2,4-6H3;2H,1H3. The third kappa shape index (κ3) is 8.53. The van der Waals surface area contributed by atoms with Crippen LogP contribution in [0.25, 0.3) is 0 Å². The summed E-state index contributed by atoms with van der Waals surface area (Å²) in [5.74, 6) is 0. The second kappa shape index (κ2) is 7.26. The van der Waals surface area contributed by atoms with Gasteiger partial charge in [-0.15, -0.1) is 0 Å². The third-order valence-electron chi connectivity index (χ3n) is 1.10. The van der Waals surface area contributed by atoms with Crippen molar-refractivity contribution in [1.29, 1.82) is 0 Å². The van der Waals surface area contributed by atoms with Crippen molar-refractivity contribution in [3.63, 3.8) is 0 Å². The number of nitrogens with one attached hydrogen (secondary N) is 1. The average Bonchev–Trinajstić information content (AvgIpc) is 2.03. The van der Waals surface area contributed by atoms with Crippen LogP contribution in [0.3, 0.4) is 0 Å². The minimum absolute atomic E-state index is 0.163. The maximum absolute atomic E-state index is 11.4. The van der Waals surface area contributed by atoms with Crippen LogP contribution in [0.5, 0.6) is 0 Å². The van der Waals surface area contributed by atoms with E-state index in [2.05, 4.69) is 30.5 Å². The molecule has 1 unspecified atom stereocenters. The molecule has 0 heterocycles. The van der Waals surface area contributed by atoms with Gasteiger partial charge in [0.05, 0.1) is 0 Å². The molecule has 0 aromatic heterocycles. The minimum Gasteiger partial charge on any atom is -0.237 e. The van der Waals surface area contributed by atoms with E-state index in [1.165, 1.54) is 0 Å². The van der Waals surface area contributed by atoms with E-state index >= 15 is 0 Å². The molecule has 0 rings (SSSR count). The summed E-state index contributed by atoms with van der Waals surface area (Å²) in [6.07, 6.45) is 1.69. The van der Waals surface area contributed by atoms with Crippen molar-refractivity contribution < 1.29 is 4.21 Å². The molecule has 0 aromatic rings. The van der Waals surface area contributed by atoms with Gasteiger partial charge in [0.1, 0.15) is 11.0 Å². The zero-order chi connectivity index (χ0) is 11.9. The lowest BCUT2D eigenvalue weighted by Gasteiger charge is -2.20. The Morgan fingerprint density at radius 3 is 1.86 bits per heavy atom. The highest BCUT2D eigenvalue weighted by Gasteiger charge is 2.15. The normalized spacial score (nSPS) is 12.4. The molecule has 1 atom stereocenters.